The average molecular weight is 365 g/mol. The van der Waals surface area contributed by atoms with E-state index in [9.17, 15) is 14.6 Å². The molecule has 0 spiro atoms. The molecule has 136 valence electrons. The number of phenols is 1. The van der Waals surface area contributed by atoms with Crippen LogP contribution >= 0.6 is 0 Å². The number of aromatic hydroxyl groups is 1. The first kappa shape index (κ1) is 16.9. The third kappa shape index (κ3) is 3.56. The highest BCUT2D eigenvalue weighted by Crippen LogP contribution is 2.20. The summed E-state index contributed by atoms with van der Waals surface area (Å²) in [6.07, 6.45) is 0.314. The third-order valence-corrected chi connectivity index (χ3v) is 4.08. The first-order valence-corrected chi connectivity index (χ1v) is 8.28. The second-order valence-corrected chi connectivity index (χ2v) is 6.05. The molecule has 0 saturated heterocycles. The number of anilines is 2. The van der Waals surface area contributed by atoms with Crippen molar-refractivity contribution in [3.05, 3.63) is 77.4 Å². The van der Waals surface area contributed by atoms with E-state index in [1.807, 2.05) is 24.3 Å². The lowest BCUT2D eigenvalue weighted by molar-refractivity contribution is 0.282. The minimum absolute atomic E-state index is 0.0409. The number of nitrogens with one attached hydrogen (secondary N) is 1. The fourth-order valence-electron chi connectivity index (χ4n) is 2.75. The van der Waals surface area contributed by atoms with E-state index in [1.54, 1.807) is 22.7 Å². The summed E-state index contributed by atoms with van der Waals surface area (Å²) in [5.74, 6) is 0.0540. The summed E-state index contributed by atoms with van der Waals surface area (Å²) in [5, 5.41) is 34.4. The Morgan fingerprint density at radius 2 is 1.89 bits per heavy atom. The Hall–Kier alpha value is -3.52. The Morgan fingerprint density at radius 3 is 2.70 bits per heavy atom. The van der Waals surface area contributed by atoms with Crippen LogP contribution in [-0.4, -0.2) is 30.0 Å². The van der Waals surface area contributed by atoms with Crippen LogP contribution in [0.4, 0.5) is 15.9 Å². The van der Waals surface area contributed by atoms with Gasteiger partial charge in [-0.25, -0.2) is 4.39 Å². The van der Waals surface area contributed by atoms with E-state index < -0.39 is 5.82 Å². The van der Waals surface area contributed by atoms with E-state index in [0.29, 0.717) is 29.3 Å². The van der Waals surface area contributed by atoms with Crippen LogP contribution in [0.15, 0.2) is 54.6 Å². The molecular weight excluding hydrogens is 349 g/mol. The zero-order valence-corrected chi connectivity index (χ0v) is 14.2. The van der Waals surface area contributed by atoms with Crippen molar-refractivity contribution in [3.63, 3.8) is 0 Å². The molecule has 3 N–H and O–H groups in total. The Bertz CT molecular complexity index is 1110. The first-order chi connectivity index (χ1) is 13.1. The van der Waals surface area contributed by atoms with Crippen molar-refractivity contribution in [1.82, 2.24) is 19.8 Å². The lowest BCUT2D eigenvalue weighted by Crippen LogP contribution is -2.03. The zero-order chi connectivity index (χ0) is 18.8. The number of nitrogens with zero attached hydrogens (tertiary/aromatic N) is 4. The third-order valence-electron chi connectivity index (χ3n) is 4.08. The van der Waals surface area contributed by atoms with Gasteiger partial charge in [0.05, 0.1) is 6.61 Å². The molecule has 0 atom stereocenters. The van der Waals surface area contributed by atoms with Crippen LogP contribution < -0.4 is 5.32 Å². The molecule has 2 aromatic heterocycles. The van der Waals surface area contributed by atoms with E-state index in [0.717, 1.165) is 11.3 Å². The van der Waals surface area contributed by atoms with E-state index >= 15 is 0 Å². The minimum atomic E-state index is -0.680. The van der Waals surface area contributed by atoms with Crippen molar-refractivity contribution in [2.24, 2.45) is 0 Å². The molecule has 0 radical (unpaired) electrons. The number of benzene rings is 2. The number of rotatable bonds is 5. The van der Waals surface area contributed by atoms with E-state index in [1.165, 1.54) is 12.1 Å². The maximum absolute atomic E-state index is 13.6. The second kappa shape index (κ2) is 7.00. The van der Waals surface area contributed by atoms with Crippen molar-refractivity contribution < 1.29 is 14.6 Å². The summed E-state index contributed by atoms with van der Waals surface area (Å²) in [6, 6.07) is 15.1. The number of aliphatic hydroxyl groups excluding tert-OH is 1. The van der Waals surface area contributed by atoms with Crippen molar-refractivity contribution in [2.75, 3.05) is 5.32 Å². The maximum Gasteiger partial charge on any atom is 0.178 e. The van der Waals surface area contributed by atoms with Gasteiger partial charge in [-0.05, 0) is 47.5 Å². The Balaban J connectivity index is 1.63. The topological polar surface area (TPSA) is 95.6 Å². The number of hydrogen-bond donors (Lipinski definition) is 3. The number of fused-ring (bicyclic) bond motifs is 1. The van der Waals surface area contributed by atoms with Crippen molar-refractivity contribution in [3.8, 4) is 5.75 Å². The lowest BCUT2D eigenvalue weighted by Gasteiger charge is -2.08. The number of aromatic nitrogens is 4. The summed E-state index contributed by atoms with van der Waals surface area (Å²) >= 11 is 0. The molecule has 0 fully saturated rings. The Kier molecular flexibility index (Phi) is 4.39. The number of hydrogen-bond acceptors (Lipinski definition) is 6. The van der Waals surface area contributed by atoms with Gasteiger partial charge in [0.25, 0.3) is 0 Å². The summed E-state index contributed by atoms with van der Waals surface area (Å²) < 4.78 is 15.1. The number of phenolic OH excluding ortho intramolecular Hbond substituents is 1. The molecule has 2 heterocycles. The standard InChI is InChI=1S/C19H16FN5O2/c20-15-9-12(4-5-16(15)27)10-19-23-22-18-7-6-17(24-25(18)19)21-14-3-1-2-13(8-14)11-26/h1-9,26-27H,10-11H2,(H,21,24). The molecule has 0 bridgehead atoms. The predicted molar refractivity (Wildman–Crippen MR) is 97.3 cm³/mol. The van der Waals surface area contributed by atoms with Gasteiger partial charge >= 0.3 is 0 Å². The van der Waals surface area contributed by atoms with E-state index in [4.69, 9.17) is 0 Å². The molecule has 4 aromatic rings. The van der Waals surface area contributed by atoms with Gasteiger partial charge in [0.15, 0.2) is 28.9 Å². The lowest BCUT2D eigenvalue weighted by atomic mass is 10.1. The smallest absolute Gasteiger partial charge is 0.178 e. The van der Waals surface area contributed by atoms with Crippen molar-refractivity contribution >= 4 is 17.2 Å². The second-order valence-electron chi connectivity index (χ2n) is 6.05. The van der Waals surface area contributed by atoms with Gasteiger partial charge in [-0.1, -0.05) is 18.2 Å². The summed E-state index contributed by atoms with van der Waals surface area (Å²) in [7, 11) is 0. The molecule has 0 unspecified atom stereocenters. The van der Waals surface area contributed by atoms with E-state index in [-0.39, 0.29) is 12.4 Å². The molecule has 7 nitrogen and oxygen atoms in total. The van der Waals surface area contributed by atoms with E-state index in [2.05, 4.69) is 20.6 Å². The van der Waals surface area contributed by atoms with Crippen LogP contribution in [0.3, 0.4) is 0 Å². The van der Waals surface area contributed by atoms with Gasteiger partial charge in [-0.2, -0.15) is 4.52 Å². The summed E-state index contributed by atoms with van der Waals surface area (Å²) in [6.45, 7) is -0.0409. The zero-order valence-electron chi connectivity index (χ0n) is 14.2. The normalized spacial score (nSPS) is 11.0. The van der Waals surface area contributed by atoms with Crippen LogP contribution in [0, 0.1) is 5.82 Å². The monoisotopic (exact) mass is 365 g/mol. The fraction of sp³-hybridized carbons (Fsp3) is 0.105. The molecule has 0 aliphatic rings. The highest BCUT2D eigenvalue weighted by molar-refractivity contribution is 5.58. The van der Waals surface area contributed by atoms with Crippen molar-refractivity contribution in [2.45, 2.75) is 13.0 Å². The SMILES string of the molecule is OCc1cccc(Nc2ccc3nnc(Cc4ccc(O)c(F)c4)n3n2)c1. The van der Waals surface area contributed by atoms with Gasteiger partial charge in [-0.3, -0.25) is 0 Å². The van der Waals surface area contributed by atoms with Crippen LogP contribution in [0.25, 0.3) is 5.65 Å². The first-order valence-electron chi connectivity index (χ1n) is 8.28. The Morgan fingerprint density at radius 1 is 1.00 bits per heavy atom. The van der Waals surface area contributed by atoms with Crippen molar-refractivity contribution in [1.29, 1.82) is 0 Å². The van der Waals surface area contributed by atoms with Crippen LogP contribution in [0.1, 0.15) is 17.0 Å². The molecule has 27 heavy (non-hydrogen) atoms. The largest absolute Gasteiger partial charge is 0.505 e. The van der Waals surface area contributed by atoms with Gasteiger partial charge in [-0.15, -0.1) is 15.3 Å². The molecule has 0 aliphatic heterocycles. The van der Waals surface area contributed by atoms with Gasteiger partial charge in [0.1, 0.15) is 0 Å². The molecule has 4 rings (SSSR count). The highest BCUT2D eigenvalue weighted by atomic mass is 19.1. The fourth-order valence-corrected chi connectivity index (χ4v) is 2.75. The minimum Gasteiger partial charge on any atom is -0.505 e. The summed E-state index contributed by atoms with van der Waals surface area (Å²) in [4.78, 5) is 0. The summed E-state index contributed by atoms with van der Waals surface area (Å²) in [5.41, 5.74) is 2.80. The molecule has 2 aromatic carbocycles. The average Bonchev–Trinajstić information content (AvgIpc) is 3.07. The van der Waals surface area contributed by atoms with Crippen LogP contribution in [0.2, 0.25) is 0 Å². The highest BCUT2D eigenvalue weighted by Gasteiger charge is 2.10. The molecule has 0 aliphatic carbocycles. The molecule has 8 heteroatoms. The van der Waals surface area contributed by atoms with Gasteiger partial charge in [0.2, 0.25) is 0 Å². The van der Waals surface area contributed by atoms with Crippen LogP contribution in [0.5, 0.6) is 5.75 Å². The number of aliphatic hydroxyl groups is 1. The maximum atomic E-state index is 13.6. The van der Waals surface area contributed by atoms with Gasteiger partial charge in [0, 0.05) is 12.1 Å². The Labute approximate surface area is 153 Å². The molecule has 0 amide bonds. The van der Waals surface area contributed by atoms with Gasteiger partial charge < -0.3 is 15.5 Å². The molecule has 0 saturated carbocycles. The molecular formula is C19H16FN5O2. The quantitative estimate of drug-likeness (QED) is 0.503. The van der Waals surface area contributed by atoms with Crippen LogP contribution in [-0.2, 0) is 13.0 Å². The number of halogens is 1. The predicted octanol–water partition coefficient (Wildman–Crippen LogP) is 2.80.